The number of hydrogen-bond acceptors (Lipinski definition) is 4. The van der Waals surface area contributed by atoms with Gasteiger partial charge in [-0.3, -0.25) is 19.8 Å². The highest BCUT2D eigenvalue weighted by Gasteiger charge is 2.32. The molecule has 0 spiro atoms. The molecule has 0 saturated carbocycles. The minimum absolute atomic E-state index is 0.222. The number of nitrogens with one attached hydrogen (secondary N) is 1. The van der Waals surface area contributed by atoms with Crippen molar-refractivity contribution in [2.45, 2.75) is 5.37 Å². The van der Waals surface area contributed by atoms with Crippen molar-refractivity contribution < 1.29 is 9.59 Å². The molecule has 0 aliphatic carbocycles. The predicted molar refractivity (Wildman–Crippen MR) is 38.6 cm³/mol. The van der Waals surface area contributed by atoms with Gasteiger partial charge in [-0.15, -0.1) is 0 Å². The van der Waals surface area contributed by atoms with Gasteiger partial charge < -0.3 is 0 Å². The van der Waals surface area contributed by atoms with Gasteiger partial charge in [-0.05, 0) is 25.9 Å². The maximum atomic E-state index is 10.8. The Balaban J connectivity index is 2.63. The molecule has 1 aliphatic rings. The van der Waals surface area contributed by atoms with Crippen LogP contribution in [0.1, 0.15) is 0 Å². The zero-order valence-electron chi connectivity index (χ0n) is 5.75. The lowest BCUT2D eigenvalue weighted by atomic mass is 10.5. The molecule has 0 radical (unpaired) electrons. The topological polar surface area (TPSA) is 49.4 Å². The fraction of sp³-hybridized carbons (Fsp3) is 0.600. The van der Waals surface area contributed by atoms with Crippen LogP contribution in [0.5, 0.6) is 0 Å². The van der Waals surface area contributed by atoms with Crippen LogP contribution in [-0.2, 0) is 4.79 Å². The number of hydrogen-bond donors (Lipinski definition) is 1. The van der Waals surface area contributed by atoms with E-state index in [4.69, 9.17) is 0 Å². The van der Waals surface area contributed by atoms with Gasteiger partial charge in [-0.25, -0.2) is 0 Å². The largest absolute Gasteiger partial charge is 0.289 e. The number of rotatable bonds is 1. The minimum Gasteiger partial charge on any atom is -0.289 e. The molecule has 5 heteroatoms. The van der Waals surface area contributed by atoms with Crippen molar-refractivity contribution in [1.82, 2.24) is 10.2 Å². The summed E-state index contributed by atoms with van der Waals surface area (Å²) in [6, 6.07) is 0. The summed E-state index contributed by atoms with van der Waals surface area (Å²) in [4.78, 5) is 23.1. The number of carbonyl (C=O) groups is 2. The van der Waals surface area contributed by atoms with Crippen LogP contribution in [0.25, 0.3) is 0 Å². The van der Waals surface area contributed by atoms with E-state index in [-0.39, 0.29) is 16.5 Å². The van der Waals surface area contributed by atoms with Crippen molar-refractivity contribution in [2.24, 2.45) is 0 Å². The smallest absolute Gasteiger partial charge is 0.287 e. The number of likely N-dealkylation sites (N-methyl/N-ethyl adjacent to an activating group) is 1. The molecule has 10 heavy (non-hydrogen) atoms. The maximum Gasteiger partial charge on any atom is 0.287 e. The summed E-state index contributed by atoms with van der Waals surface area (Å²) in [6.45, 7) is 0. The quantitative estimate of drug-likeness (QED) is 0.580. The maximum absolute atomic E-state index is 10.8. The molecule has 1 saturated heterocycles. The second kappa shape index (κ2) is 2.59. The van der Waals surface area contributed by atoms with Crippen LogP contribution < -0.4 is 5.32 Å². The Morgan fingerprint density at radius 3 is 2.30 bits per heavy atom. The summed E-state index contributed by atoms with van der Waals surface area (Å²) in [6.07, 6.45) is 0. The van der Waals surface area contributed by atoms with E-state index < -0.39 is 0 Å². The van der Waals surface area contributed by atoms with E-state index in [2.05, 4.69) is 5.32 Å². The van der Waals surface area contributed by atoms with Gasteiger partial charge in [0.25, 0.3) is 11.1 Å². The predicted octanol–water partition coefficient (Wildman–Crippen LogP) is -0.143. The summed E-state index contributed by atoms with van der Waals surface area (Å²) in [5.41, 5.74) is 0. The Morgan fingerprint density at radius 2 is 2.10 bits per heavy atom. The van der Waals surface area contributed by atoms with Crippen LogP contribution >= 0.6 is 11.8 Å². The molecule has 1 unspecified atom stereocenters. The lowest BCUT2D eigenvalue weighted by Gasteiger charge is -2.12. The van der Waals surface area contributed by atoms with E-state index in [9.17, 15) is 9.59 Å². The minimum atomic E-state index is -0.340. The summed E-state index contributed by atoms with van der Waals surface area (Å²) in [5, 5.41) is 1.59. The van der Waals surface area contributed by atoms with E-state index in [0.717, 1.165) is 11.8 Å². The molecule has 56 valence electrons. The average molecular weight is 160 g/mol. The molecule has 0 aromatic rings. The molecule has 1 N–H and O–H groups in total. The van der Waals surface area contributed by atoms with Crippen LogP contribution in [0.15, 0.2) is 0 Å². The summed E-state index contributed by atoms with van der Waals surface area (Å²) in [7, 11) is 3.52. The average Bonchev–Trinajstić information content (AvgIpc) is 2.10. The van der Waals surface area contributed by atoms with Crippen molar-refractivity contribution in [1.29, 1.82) is 0 Å². The molecular formula is C5H8N2O2S. The second-order valence-corrected chi connectivity index (χ2v) is 3.26. The van der Waals surface area contributed by atoms with Crippen molar-refractivity contribution in [3.63, 3.8) is 0 Å². The molecule has 4 nitrogen and oxygen atoms in total. The van der Waals surface area contributed by atoms with Gasteiger partial charge in [-0.2, -0.15) is 0 Å². The summed E-state index contributed by atoms with van der Waals surface area (Å²) >= 11 is 1.01. The first kappa shape index (κ1) is 7.56. The van der Waals surface area contributed by atoms with Gasteiger partial charge in [0.05, 0.1) is 0 Å². The van der Waals surface area contributed by atoms with Gasteiger partial charge in [-0.1, -0.05) is 0 Å². The summed E-state index contributed by atoms with van der Waals surface area (Å²) < 4.78 is 0. The molecule has 0 aromatic carbocycles. The molecule has 1 rings (SSSR count). The zero-order valence-corrected chi connectivity index (χ0v) is 6.57. The zero-order chi connectivity index (χ0) is 7.72. The molecule has 1 aliphatic heterocycles. The Morgan fingerprint density at radius 1 is 1.50 bits per heavy atom. The first-order valence-corrected chi connectivity index (χ1v) is 3.67. The third kappa shape index (κ3) is 1.30. The van der Waals surface area contributed by atoms with E-state index in [1.54, 1.807) is 19.0 Å². The molecule has 1 heterocycles. The van der Waals surface area contributed by atoms with Crippen molar-refractivity contribution in [3.8, 4) is 0 Å². The van der Waals surface area contributed by atoms with E-state index in [0.29, 0.717) is 0 Å². The monoisotopic (exact) mass is 160 g/mol. The molecule has 1 fully saturated rings. The normalized spacial score (nSPS) is 25.7. The van der Waals surface area contributed by atoms with Gasteiger partial charge >= 0.3 is 0 Å². The SMILES string of the molecule is CN(C)C1SC(=O)NC1=O. The highest BCUT2D eigenvalue weighted by molar-refractivity contribution is 8.15. The third-order valence-corrected chi connectivity index (χ3v) is 2.31. The number of thioether (sulfide) groups is 1. The van der Waals surface area contributed by atoms with Gasteiger partial charge in [0, 0.05) is 0 Å². The van der Waals surface area contributed by atoms with E-state index in [1.165, 1.54) is 0 Å². The van der Waals surface area contributed by atoms with Gasteiger partial charge in [0.15, 0.2) is 0 Å². The lowest BCUT2D eigenvalue weighted by molar-refractivity contribution is -0.121. The third-order valence-electron chi connectivity index (χ3n) is 1.14. The molecule has 1 atom stereocenters. The van der Waals surface area contributed by atoms with Crippen LogP contribution in [0.3, 0.4) is 0 Å². The Kier molecular flexibility index (Phi) is 1.96. The second-order valence-electron chi connectivity index (χ2n) is 2.21. The highest BCUT2D eigenvalue weighted by Crippen LogP contribution is 2.19. The molecular weight excluding hydrogens is 152 g/mol. The standard InChI is InChI=1S/C5H8N2O2S/c1-7(2)4-3(8)6-5(9)10-4/h4H,1-2H3,(H,6,8,9). The van der Waals surface area contributed by atoms with Gasteiger partial charge in [0.1, 0.15) is 5.37 Å². The fourth-order valence-corrected chi connectivity index (χ4v) is 1.43. The summed E-state index contributed by atoms with van der Waals surface area (Å²) in [5.74, 6) is -0.222. The number of carbonyl (C=O) groups excluding carboxylic acids is 2. The first-order chi connectivity index (χ1) is 4.61. The molecule has 0 aromatic heterocycles. The van der Waals surface area contributed by atoms with Crippen molar-refractivity contribution in [3.05, 3.63) is 0 Å². The van der Waals surface area contributed by atoms with Crippen molar-refractivity contribution >= 4 is 22.9 Å². The Hall–Kier alpha value is -0.550. The number of imide groups is 1. The van der Waals surface area contributed by atoms with Crippen LogP contribution in [-0.4, -0.2) is 35.5 Å². The molecule has 0 bridgehead atoms. The van der Waals surface area contributed by atoms with Crippen LogP contribution in [0.4, 0.5) is 4.79 Å². The first-order valence-electron chi connectivity index (χ1n) is 2.79. The van der Waals surface area contributed by atoms with Gasteiger partial charge in [0.2, 0.25) is 0 Å². The Labute approximate surface area is 62.9 Å². The fourth-order valence-electron chi connectivity index (χ4n) is 0.687. The van der Waals surface area contributed by atoms with Crippen LogP contribution in [0, 0.1) is 0 Å². The van der Waals surface area contributed by atoms with Crippen LogP contribution in [0.2, 0.25) is 0 Å². The Bertz CT molecular complexity index is 180. The lowest BCUT2D eigenvalue weighted by Crippen LogP contribution is -2.34. The molecule has 2 amide bonds. The van der Waals surface area contributed by atoms with E-state index >= 15 is 0 Å². The highest BCUT2D eigenvalue weighted by atomic mass is 32.2. The number of amides is 2. The number of nitrogens with zero attached hydrogens (tertiary/aromatic N) is 1. The van der Waals surface area contributed by atoms with Crippen molar-refractivity contribution in [2.75, 3.05) is 14.1 Å². The van der Waals surface area contributed by atoms with E-state index in [1.807, 2.05) is 0 Å².